The third kappa shape index (κ3) is 20.1. The lowest BCUT2D eigenvalue weighted by Crippen LogP contribution is -3.00. The van der Waals surface area contributed by atoms with Gasteiger partial charge in [0, 0.05) is 6.54 Å². The van der Waals surface area contributed by atoms with Crippen molar-refractivity contribution in [2.24, 2.45) is 0 Å². The van der Waals surface area contributed by atoms with Gasteiger partial charge in [-0.2, -0.15) is 0 Å². The number of nitrogens with one attached hydrogen (secondary N) is 2. The summed E-state index contributed by atoms with van der Waals surface area (Å²) in [7, 11) is 4.02. The number of rotatable bonds is 21. The van der Waals surface area contributed by atoms with Gasteiger partial charge in [0.2, 0.25) is 0 Å². The highest BCUT2D eigenvalue weighted by molar-refractivity contribution is 5.77. The Labute approximate surface area is 220 Å². The van der Waals surface area contributed by atoms with E-state index in [1.54, 1.807) is 0 Å². The molecule has 2 N–H and O–H groups in total. The van der Waals surface area contributed by atoms with Crippen molar-refractivity contribution in [3.05, 3.63) is 30.3 Å². The van der Waals surface area contributed by atoms with Gasteiger partial charge in [0.05, 0.1) is 27.2 Å². The van der Waals surface area contributed by atoms with Gasteiger partial charge < -0.3 is 32.3 Å². The minimum Gasteiger partial charge on any atom is -1.00 e. The normalized spacial score (nSPS) is 10.9. The molecule has 0 spiro atoms. The van der Waals surface area contributed by atoms with Gasteiger partial charge in [0.25, 0.3) is 11.8 Å². The first-order valence-corrected chi connectivity index (χ1v) is 13.5. The smallest absolute Gasteiger partial charge is 0.275 e. The summed E-state index contributed by atoms with van der Waals surface area (Å²) in [6.07, 6.45) is 15.8. The van der Waals surface area contributed by atoms with E-state index in [0.717, 1.165) is 13.0 Å². The Morgan fingerprint density at radius 1 is 0.743 bits per heavy atom. The molecule has 35 heavy (non-hydrogen) atoms. The number of nitrogens with zero attached hydrogens (tertiary/aromatic N) is 1. The van der Waals surface area contributed by atoms with Crippen LogP contribution in [0.1, 0.15) is 84.0 Å². The number of hydrogen-bond donors (Lipinski definition) is 2. The lowest BCUT2D eigenvalue weighted by molar-refractivity contribution is -0.881. The highest BCUT2D eigenvalue weighted by Gasteiger charge is 2.19. The zero-order valence-corrected chi connectivity index (χ0v) is 23.2. The maximum absolute atomic E-state index is 12.3. The lowest BCUT2D eigenvalue weighted by atomic mass is 10.1. The molecule has 0 radical (unpaired) electrons. The second kappa shape index (κ2) is 21.5. The zero-order valence-electron chi connectivity index (χ0n) is 22.5. The van der Waals surface area contributed by atoms with Gasteiger partial charge in [-0.3, -0.25) is 9.59 Å². The van der Waals surface area contributed by atoms with E-state index in [2.05, 4.69) is 17.6 Å². The Bertz CT molecular complexity index is 656. The van der Waals surface area contributed by atoms with E-state index >= 15 is 0 Å². The van der Waals surface area contributed by atoms with E-state index < -0.39 is 0 Å². The molecule has 0 bridgehead atoms. The van der Waals surface area contributed by atoms with Crippen molar-refractivity contribution in [1.29, 1.82) is 0 Å². The summed E-state index contributed by atoms with van der Waals surface area (Å²) >= 11 is 0. The first-order chi connectivity index (χ1) is 16.4. The van der Waals surface area contributed by atoms with Crippen LogP contribution in [0.3, 0.4) is 0 Å². The maximum atomic E-state index is 12.3. The van der Waals surface area contributed by atoms with Crippen molar-refractivity contribution >= 4 is 11.8 Å². The van der Waals surface area contributed by atoms with Crippen LogP contribution in [0.4, 0.5) is 0 Å². The molecule has 0 aliphatic heterocycles. The molecule has 0 aliphatic rings. The van der Waals surface area contributed by atoms with E-state index in [0.29, 0.717) is 29.9 Å². The Hall–Kier alpha value is -1.79. The number of likely N-dealkylation sites (N-methyl/N-ethyl adjacent to an activating group) is 1. The molecule has 6 nitrogen and oxygen atoms in total. The first-order valence-electron chi connectivity index (χ1n) is 13.5. The first kappa shape index (κ1) is 33.2. The Morgan fingerprint density at radius 2 is 1.26 bits per heavy atom. The molecule has 1 aromatic rings. The minimum atomic E-state index is -0.153. The average molecular weight is 512 g/mol. The number of para-hydroxylation sites is 1. The summed E-state index contributed by atoms with van der Waals surface area (Å²) in [4.78, 5) is 24.2. The fourth-order valence-electron chi connectivity index (χ4n) is 3.93. The van der Waals surface area contributed by atoms with Crippen molar-refractivity contribution in [2.45, 2.75) is 84.0 Å². The fourth-order valence-corrected chi connectivity index (χ4v) is 3.93. The van der Waals surface area contributed by atoms with Gasteiger partial charge in [-0.05, 0) is 18.6 Å². The summed E-state index contributed by atoms with van der Waals surface area (Å²) in [5, 5.41) is 5.92. The molecule has 1 aromatic carbocycles. The number of benzene rings is 1. The third-order valence-electron chi connectivity index (χ3n) is 6.08. The number of carbonyl (C=O) groups is 2. The Balaban J connectivity index is 0.0000116. The van der Waals surface area contributed by atoms with Gasteiger partial charge >= 0.3 is 0 Å². The van der Waals surface area contributed by atoms with Crippen LogP contribution >= 0.6 is 0 Å². The molecular weight excluding hydrogens is 462 g/mol. The van der Waals surface area contributed by atoms with Gasteiger partial charge in [-0.25, -0.2) is 0 Å². The van der Waals surface area contributed by atoms with Crippen LogP contribution < -0.4 is 27.8 Å². The van der Waals surface area contributed by atoms with E-state index in [-0.39, 0.29) is 30.8 Å². The predicted molar refractivity (Wildman–Crippen MR) is 141 cm³/mol. The molecule has 0 fully saturated rings. The highest BCUT2D eigenvalue weighted by atomic mass is 35.5. The second-order valence-electron chi connectivity index (χ2n) is 10.0. The average Bonchev–Trinajstić information content (AvgIpc) is 2.81. The van der Waals surface area contributed by atoms with E-state index in [1.807, 2.05) is 44.4 Å². The largest absolute Gasteiger partial charge is 1.00 e. The SMILES string of the molecule is CCCCCCCCCCCCCCNC(=O)C[N+](C)(C)CCNC(=O)COc1ccccc1.[Cl-]. The monoisotopic (exact) mass is 511 g/mol. The number of carbonyl (C=O) groups excluding carboxylic acids is 2. The van der Waals surface area contributed by atoms with E-state index in [9.17, 15) is 9.59 Å². The van der Waals surface area contributed by atoms with Crippen molar-refractivity contribution in [1.82, 2.24) is 10.6 Å². The number of hydrogen-bond acceptors (Lipinski definition) is 3. The van der Waals surface area contributed by atoms with Crippen LogP contribution in [0.15, 0.2) is 30.3 Å². The van der Waals surface area contributed by atoms with E-state index in [1.165, 1.54) is 70.6 Å². The zero-order chi connectivity index (χ0) is 24.9. The molecule has 0 unspecified atom stereocenters. The van der Waals surface area contributed by atoms with Crippen molar-refractivity contribution in [3.63, 3.8) is 0 Å². The van der Waals surface area contributed by atoms with Gasteiger partial charge in [-0.15, -0.1) is 0 Å². The lowest BCUT2D eigenvalue weighted by Gasteiger charge is -2.29. The third-order valence-corrected chi connectivity index (χ3v) is 6.08. The van der Waals surface area contributed by atoms with Crippen LogP contribution in [0, 0.1) is 0 Å². The number of amides is 2. The topological polar surface area (TPSA) is 67.4 Å². The predicted octanol–water partition coefficient (Wildman–Crippen LogP) is 2.08. The minimum absolute atomic E-state index is 0. The highest BCUT2D eigenvalue weighted by Crippen LogP contribution is 2.12. The van der Waals surface area contributed by atoms with Crippen LogP contribution in [0.5, 0.6) is 5.75 Å². The summed E-state index contributed by atoms with van der Waals surface area (Å²) in [6, 6.07) is 9.29. The van der Waals surface area contributed by atoms with Crippen molar-refractivity contribution < 1.29 is 31.2 Å². The molecule has 0 aliphatic carbocycles. The Morgan fingerprint density at radius 3 is 1.83 bits per heavy atom. The summed E-state index contributed by atoms with van der Waals surface area (Å²) < 4.78 is 5.98. The maximum Gasteiger partial charge on any atom is 0.275 e. The van der Waals surface area contributed by atoms with Crippen molar-refractivity contribution in [3.8, 4) is 5.75 Å². The quantitative estimate of drug-likeness (QED) is 0.196. The second-order valence-corrected chi connectivity index (χ2v) is 10.0. The molecule has 0 saturated carbocycles. The molecule has 1 rings (SSSR count). The Kier molecular flexibility index (Phi) is 20.4. The summed E-state index contributed by atoms with van der Waals surface area (Å²) in [5.74, 6) is 0.602. The number of ether oxygens (including phenoxy) is 1. The molecule has 202 valence electrons. The van der Waals surface area contributed by atoms with Crippen LogP contribution in [0.25, 0.3) is 0 Å². The number of unbranched alkanes of at least 4 members (excludes halogenated alkanes) is 11. The summed E-state index contributed by atoms with van der Waals surface area (Å²) in [5.41, 5.74) is 0. The molecule has 0 heterocycles. The molecular formula is C28H50ClN3O3. The van der Waals surface area contributed by atoms with Gasteiger partial charge in [0.1, 0.15) is 5.75 Å². The molecule has 0 aromatic heterocycles. The van der Waals surface area contributed by atoms with E-state index in [4.69, 9.17) is 4.74 Å². The molecule has 0 saturated heterocycles. The summed E-state index contributed by atoms with van der Waals surface area (Å²) in [6.45, 7) is 4.62. The molecule has 0 atom stereocenters. The molecule has 2 amide bonds. The molecule has 7 heteroatoms. The number of halogens is 1. The number of quaternary nitrogens is 1. The standard InChI is InChI=1S/C28H49N3O3.ClH/c1-4-5-6-7-8-9-10-11-12-13-14-18-21-29-27(32)24-31(2,3)23-22-30-28(33)25-34-26-19-16-15-17-20-26;/h15-17,19-20H,4-14,18,21-25H2,1-3H3,(H-,29,30,32,33);1H. The fraction of sp³-hybridized carbons (Fsp3) is 0.714. The van der Waals surface area contributed by atoms with Crippen LogP contribution in [0.2, 0.25) is 0 Å². The van der Waals surface area contributed by atoms with Gasteiger partial charge in [0.15, 0.2) is 13.2 Å². The van der Waals surface area contributed by atoms with Gasteiger partial charge in [-0.1, -0.05) is 95.8 Å². The van der Waals surface area contributed by atoms with Crippen LogP contribution in [-0.4, -0.2) is 63.2 Å². The van der Waals surface area contributed by atoms with Crippen molar-refractivity contribution in [2.75, 3.05) is 46.9 Å². The van der Waals surface area contributed by atoms with Crippen LogP contribution in [-0.2, 0) is 9.59 Å².